The van der Waals surface area contributed by atoms with E-state index in [0.717, 1.165) is 19.3 Å². The van der Waals surface area contributed by atoms with Gasteiger partial charge in [0.15, 0.2) is 0 Å². The second-order valence-electron chi connectivity index (χ2n) is 5.41. The van der Waals surface area contributed by atoms with Gasteiger partial charge in [-0.25, -0.2) is 0 Å². The minimum atomic E-state index is -0.929. The number of carbonyl (C=O) groups excluding carboxylic acids is 1. The summed E-state index contributed by atoms with van der Waals surface area (Å²) in [7, 11) is 0. The molecule has 0 spiro atoms. The highest BCUT2D eigenvalue weighted by Gasteiger charge is 2.13. The highest BCUT2D eigenvalue weighted by atomic mass is 16.4. The van der Waals surface area contributed by atoms with Gasteiger partial charge in [-0.2, -0.15) is 0 Å². The lowest BCUT2D eigenvalue weighted by Gasteiger charge is -2.13. The summed E-state index contributed by atoms with van der Waals surface area (Å²) in [5.41, 5.74) is 6.72. The first-order valence-corrected chi connectivity index (χ1v) is 7.11. The zero-order valence-corrected chi connectivity index (χ0v) is 12.5. The van der Waals surface area contributed by atoms with E-state index < -0.39 is 5.97 Å². The number of nitrogens with zero attached hydrogens (tertiary/aromatic N) is 1. The summed E-state index contributed by atoms with van der Waals surface area (Å²) in [6, 6.07) is 3.42. The summed E-state index contributed by atoms with van der Waals surface area (Å²) in [5.74, 6) is -1.09. The molecular formula is C15H23N3O3. The Morgan fingerprint density at radius 2 is 2.05 bits per heavy atom. The Kier molecular flexibility index (Phi) is 6.81. The van der Waals surface area contributed by atoms with Crippen molar-refractivity contribution in [1.82, 2.24) is 4.98 Å². The lowest BCUT2D eigenvalue weighted by Crippen LogP contribution is -2.21. The van der Waals surface area contributed by atoms with Crippen molar-refractivity contribution >= 4 is 17.6 Å². The van der Waals surface area contributed by atoms with E-state index in [2.05, 4.69) is 10.3 Å². The molecule has 6 heteroatoms. The summed E-state index contributed by atoms with van der Waals surface area (Å²) in [5, 5.41) is 11.4. The maximum atomic E-state index is 12.0. The second-order valence-corrected chi connectivity index (χ2v) is 5.41. The molecule has 0 bridgehead atoms. The van der Waals surface area contributed by atoms with E-state index in [4.69, 9.17) is 10.8 Å². The molecule has 0 saturated heterocycles. The van der Waals surface area contributed by atoms with Crippen LogP contribution in [0, 0.1) is 5.92 Å². The van der Waals surface area contributed by atoms with Crippen LogP contribution in [0.2, 0.25) is 0 Å². The van der Waals surface area contributed by atoms with Gasteiger partial charge in [-0.1, -0.05) is 13.3 Å². The Morgan fingerprint density at radius 3 is 2.57 bits per heavy atom. The molecule has 0 radical (unpaired) electrons. The largest absolute Gasteiger partial charge is 0.481 e. The summed E-state index contributed by atoms with van der Waals surface area (Å²) >= 11 is 0. The van der Waals surface area contributed by atoms with E-state index in [1.807, 2.05) is 13.8 Å². The van der Waals surface area contributed by atoms with Crippen molar-refractivity contribution in [1.29, 1.82) is 0 Å². The molecule has 6 nitrogen and oxygen atoms in total. The van der Waals surface area contributed by atoms with E-state index in [1.165, 1.54) is 6.20 Å². The van der Waals surface area contributed by atoms with E-state index in [1.54, 1.807) is 12.1 Å². The molecule has 1 aromatic heterocycles. The molecule has 1 aromatic rings. The molecule has 1 amide bonds. The number of pyridine rings is 1. The Bertz CT molecular complexity index is 472. The second kappa shape index (κ2) is 8.36. The third-order valence-corrected chi connectivity index (χ3v) is 3.17. The van der Waals surface area contributed by atoms with Crippen LogP contribution >= 0.6 is 0 Å². The fraction of sp³-hybridized carbons (Fsp3) is 0.533. The Morgan fingerprint density at radius 1 is 1.33 bits per heavy atom. The number of hydrogen-bond donors (Lipinski definition) is 3. The van der Waals surface area contributed by atoms with E-state index in [9.17, 15) is 9.59 Å². The van der Waals surface area contributed by atoms with Crippen LogP contribution in [0.4, 0.5) is 5.69 Å². The smallest absolute Gasteiger partial charge is 0.309 e. The predicted molar refractivity (Wildman–Crippen MR) is 80.9 cm³/mol. The van der Waals surface area contributed by atoms with Crippen LogP contribution in [-0.4, -0.2) is 28.0 Å². The molecule has 1 rings (SSSR count). The van der Waals surface area contributed by atoms with Crippen molar-refractivity contribution in [2.75, 3.05) is 5.32 Å². The Balaban J connectivity index is 2.44. The molecule has 2 unspecified atom stereocenters. The van der Waals surface area contributed by atoms with Crippen molar-refractivity contribution in [2.24, 2.45) is 11.7 Å². The Hall–Kier alpha value is -1.95. The van der Waals surface area contributed by atoms with Gasteiger partial charge in [0, 0.05) is 12.0 Å². The predicted octanol–water partition coefficient (Wildman–Crippen LogP) is 1.80. The maximum Gasteiger partial charge on any atom is 0.309 e. The quantitative estimate of drug-likeness (QED) is 0.677. The average Bonchev–Trinajstić information content (AvgIpc) is 2.39. The highest BCUT2D eigenvalue weighted by molar-refractivity contribution is 5.92. The van der Waals surface area contributed by atoms with Crippen molar-refractivity contribution in [3.63, 3.8) is 0 Å². The van der Waals surface area contributed by atoms with Crippen molar-refractivity contribution in [2.45, 2.75) is 45.6 Å². The number of anilines is 1. The monoisotopic (exact) mass is 293 g/mol. The van der Waals surface area contributed by atoms with Gasteiger partial charge in [-0.3, -0.25) is 14.6 Å². The first-order valence-electron chi connectivity index (χ1n) is 7.11. The number of amides is 1. The van der Waals surface area contributed by atoms with Gasteiger partial charge in [-0.15, -0.1) is 0 Å². The number of aliphatic carboxylic acids is 1. The summed E-state index contributed by atoms with van der Waals surface area (Å²) in [4.78, 5) is 26.5. The fourth-order valence-electron chi connectivity index (χ4n) is 1.90. The molecule has 4 N–H and O–H groups in total. The van der Waals surface area contributed by atoms with Crippen molar-refractivity contribution in [3.05, 3.63) is 24.0 Å². The average molecular weight is 293 g/mol. The van der Waals surface area contributed by atoms with Crippen LogP contribution in [0.15, 0.2) is 18.3 Å². The Labute approximate surface area is 124 Å². The number of hydrogen-bond acceptors (Lipinski definition) is 4. The van der Waals surface area contributed by atoms with Gasteiger partial charge >= 0.3 is 5.97 Å². The summed E-state index contributed by atoms with van der Waals surface area (Å²) in [6.07, 6.45) is 3.97. The van der Waals surface area contributed by atoms with E-state index >= 15 is 0 Å². The van der Waals surface area contributed by atoms with Gasteiger partial charge in [0.1, 0.15) is 0 Å². The van der Waals surface area contributed by atoms with E-state index in [0.29, 0.717) is 11.4 Å². The third-order valence-electron chi connectivity index (χ3n) is 3.17. The summed E-state index contributed by atoms with van der Waals surface area (Å²) in [6.45, 7) is 3.83. The third kappa shape index (κ3) is 6.85. The normalized spacial score (nSPS) is 13.5. The van der Waals surface area contributed by atoms with Gasteiger partial charge in [0.25, 0.3) is 0 Å². The minimum Gasteiger partial charge on any atom is -0.481 e. The van der Waals surface area contributed by atoms with Crippen LogP contribution in [0.25, 0.3) is 0 Å². The zero-order chi connectivity index (χ0) is 15.8. The van der Waals surface area contributed by atoms with Crippen LogP contribution in [0.1, 0.15) is 38.8 Å². The molecule has 21 heavy (non-hydrogen) atoms. The van der Waals surface area contributed by atoms with Crippen molar-refractivity contribution in [3.8, 4) is 0 Å². The molecule has 0 saturated carbocycles. The molecule has 116 valence electrons. The first kappa shape index (κ1) is 17.1. The van der Waals surface area contributed by atoms with Crippen LogP contribution in [0.3, 0.4) is 0 Å². The number of carboxylic acid groups (broad SMARTS) is 1. The number of rotatable bonds is 8. The molecule has 0 aromatic carbocycles. The number of nitrogens with one attached hydrogen (secondary N) is 1. The van der Waals surface area contributed by atoms with Crippen molar-refractivity contribution < 1.29 is 14.7 Å². The fourth-order valence-corrected chi connectivity index (χ4v) is 1.90. The molecule has 0 aliphatic heterocycles. The van der Waals surface area contributed by atoms with Gasteiger partial charge in [0.05, 0.1) is 24.0 Å². The molecule has 2 atom stereocenters. The van der Waals surface area contributed by atoms with Crippen LogP contribution in [0.5, 0.6) is 0 Å². The number of carbonyl (C=O) groups is 2. The number of carboxylic acids is 1. The van der Waals surface area contributed by atoms with Gasteiger partial charge in [0.2, 0.25) is 5.91 Å². The van der Waals surface area contributed by atoms with Gasteiger partial charge in [-0.05, 0) is 31.9 Å². The lowest BCUT2D eigenvalue weighted by molar-refractivity contribution is -0.136. The van der Waals surface area contributed by atoms with E-state index in [-0.39, 0.29) is 24.3 Å². The number of nitrogens with two attached hydrogens (primary N) is 1. The van der Waals surface area contributed by atoms with Crippen LogP contribution in [-0.2, 0) is 16.0 Å². The topological polar surface area (TPSA) is 105 Å². The molecular weight excluding hydrogens is 270 g/mol. The van der Waals surface area contributed by atoms with Gasteiger partial charge < -0.3 is 16.2 Å². The molecule has 1 heterocycles. The molecule has 0 aliphatic carbocycles. The van der Waals surface area contributed by atoms with Crippen LogP contribution < -0.4 is 11.1 Å². The summed E-state index contributed by atoms with van der Waals surface area (Å²) < 4.78 is 0. The highest BCUT2D eigenvalue weighted by Crippen LogP contribution is 2.13. The number of aromatic nitrogens is 1. The molecule has 0 fully saturated rings. The first-order chi connectivity index (χ1) is 9.88. The molecule has 0 aliphatic rings. The maximum absolute atomic E-state index is 12.0. The SMILES string of the molecule is CC(N)CCCC(C)C(=O)Nc1ccc(CC(=O)O)nc1. The minimum absolute atomic E-state index is 0.0625. The standard InChI is InChI=1S/C15H23N3O3/c1-10(4-3-5-11(2)16)15(21)18-13-7-6-12(17-9-13)8-14(19)20/h6-7,9-11H,3-5,8,16H2,1-2H3,(H,18,21)(H,19,20). The lowest BCUT2D eigenvalue weighted by atomic mass is 10.0. The zero-order valence-electron chi connectivity index (χ0n) is 12.5.